The van der Waals surface area contributed by atoms with Crippen molar-refractivity contribution in [3.63, 3.8) is 0 Å². The van der Waals surface area contributed by atoms with Gasteiger partial charge in [-0.25, -0.2) is 4.98 Å². The summed E-state index contributed by atoms with van der Waals surface area (Å²) in [5.74, 6) is 0.0264. The van der Waals surface area contributed by atoms with Crippen LogP contribution in [0, 0.1) is 13.8 Å². The molecule has 0 bridgehead atoms. The Balaban J connectivity index is 1.53. The van der Waals surface area contributed by atoms with Crippen molar-refractivity contribution >= 4 is 44.9 Å². The molecule has 1 aliphatic heterocycles. The van der Waals surface area contributed by atoms with E-state index >= 15 is 0 Å². The Morgan fingerprint density at radius 1 is 1.15 bits per heavy atom. The SMILES string of the molecule is Cc1ccc(-n2c(SCC(=O)Nc3cccc(C)c3)nc3sc4c(c3c2=O)CCN(C)C4)cc1. The summed E-state index contributed by atoms with van der Waals surface area (Å²) in [6.45, 7) is 5.77. The number of amides is 1. The number of thioether (sulfide) groups is 1. The first kappa shape index (κ1) is 22.8. The number of aromatic nitrogens is 2. The number of aryl methyl sites for hydroxylation is 2. The zero-order valence-electron chi connectivity index (χ0n) is 19.4. The van der Waals surface area contributed by atoms with Crippen LogP contribution in [0.2, 0.25) is 0 Å². The molecule has 0 saturated carbocycles. The van der Waals surface area contributed by atoms with E-state index in [1.165, 1.54) is 16.6 Å². The van der Waals surface area contributed by atoms with Crippen molar-refractivity contribution in [2.45, 2.75) is 32.0 Å². The van der Waals surface area contributed by atoms with E-state index in [-0.39, 0.29) is 17.2 Å². The molecule has 2 aromatic carbocycles. The monoisotopic (exact) mass is 490 g/mol. The fraction of sp³-hybridized carbons (Fsp3) is 0.269. The molecule has 0 unspecified atom stereocenters. The molecule has 6 nitrogen and oxygen atoms in total. The van der Waals surface area contributed by atoms with Gasteiger partial charge in [0.15, 0.2) is 5.16 Å². The van der Waals surface area contributed by atoms with Crippen LogP contribution in [0.5, 0.6) is 0 Å². The molecule has 4 aromatic rings. The summed E-state index contributed by atoms with van der Waals surface area (Å²) < 4.78 is 1.66. The molecule has 34 heavy (non-hydrogen) atoms. The molecule has 0 aliphatic carbocycles. The third kappa shape index (κ3) is 4.53. The molecule has 1 N–H and O–H groups in total. The molecule has 3 heterocycles. The first-order valence-corrected chi connectivity index (χ1v) is 13.0. The van der Waals surface area contributed by atoms with E-state index in [1.807, 2.05) is 62.4 Å². The van der Waals surface area contributed by atoms with E-state index in [9.17, 15) is 9.59 Å². The average molecular weight is 491 g/mol. The van der Waals surface area contributed by atoms with Crippen LogP contribution in [-0.4, -0.2) is 39.7 Å². The number of benzene rings is 2. The van der Waals surface area contributed by atoms with Crippen molar-refractivity contribution in [3.8, 4) is 5.69 Å². The molecular weight excluding hydrogens is 464 g/mol. The number of nitrogens with one attached hydrogen (secondary N) is 1. The van der Waals surface area contributed by atoms with Crippen LogP contribution in [0.25, 0.3) is 15.9 Å². The fourth-order valence-electron chi connectivity index (χ4n) is 4.22. The van der Waals surface area contributed by atoms with Crippen molar-refractivity contribution in [3.05, 3.63) is 80.5 Å². The van der Waals surface area contributed by atoms with E-state index in [2.05, 4.69) is 17.3 Å². The van der Waals surface area contributed by atoms with Gasteiger partial charge in [0.2, 0.25) is 5.91 Å². The number of hydrogen-bond acceptors (Lipinski definition) is 6. The Hall–Kier alpha value is -2.94. The third-order valence-corrected chi connectivity index (χ3v) is 8.01. The van der Waals surface area contributed by atoms with Gasteiger partial charge in [0, 0.05) is 23.7 Å². The maximum atomic E-state index is 13.8. The van der Waals surface area contributed by atoms with E-state index in [0.29, 0.717) is 5.16 Å². The van der Waals surface area contributed by atoms with Gasteiger partial charge in [-0.05, 0) is 62.7 Å². The van der Waals surface area contributed by atoms with Crippen LogP contribution in [0.4, 0.5) is 5.69 Å². The highest BCUT2D eigenvalue weighted by molar-refractivity contribution is 7.99. The van der Waals surface area contributed by atoms with Gasteiger partial charge < -0.3 is 10.2 Å². The Morgan fingerprint density at radius 3 is 2.71 bits per heavy atom. The van der Waals surface area contributed by atoms with Crippen molar-refractivity contribution in [1.29, 1.82) is 0 Å². The smallest absolute Gasteiger partial charge is 0.267 e. The van der Waals surface area contributed by atoms with Gasteiger partial charge in [-0.2, -0.15) is 0 Å². The summed E-state index contributed by atoms with van der Waals surface area (Å²) in [6.07, 6.45) is 0.849. The molecule has 1 aliphatic rings. The van der Waals surface area contributed by atoms with Crippen LogP contribution in [0.3, 0.4) is 0 Å². The summed E-state index contributed by atoms with van der Waals surface area (Å²) in [4.78, 5) is 35.6. The number of anilines is 1. The Kier molecular flexibility index (Phi) is 6.29. The molecule has 8 heteroatoms. The molecule has 0 atom stereocenters. The maximum absolute atomic E-state index is 13.8. The number of likely N-dealkylation sites (N-methyl/N-ethyl adjacent to an activating group) is 1. The van der Waals surface area contributed by atoms with E-state index in [1.54, 1.807) is 15.9 Å². The molecule has 2 aromatic heterocycles. The minimum Gasteiger partial charge on any atom is -0.325 e. The molecule has 0 radical (unpaired) electrons. The highest BCUT2D eigenvalue weighted by Crippen LogP contribution is 2.34. The summed E-state index contributed by atoms with van der Waals surface area (Å²) in [7, 11) is 2.10. The molecule has 5 rings (SSSR count). The number of rotatable bonds is 5. The van der Waals surface area contributed by atoms with E-state index in [4.69, 9.17) is 4.98 Å². The van der Waals surface area contributed by atoms with E-state index in [0.717, 1.165) is 57.8 Å². The third-order valence-electron chi connectivity index (χ3n) is 5.96. The maximum Gasteiger partial charge on any atom is 0.267 e. The number of hydrogen-bond donors (Lipinski definition) is 1. The molecule has 0 saturated heterocycles. The van der Waals surface area contributed by atoms with E-state index < -0.39 is 0 Å². The number of thiophene rings is 1. The second-order valence-electron chi connectivity index (χ2n) is 8.75. The Morgan fingerprint density at radius 2 is 1.94 bits per heavy atom. The Bertz CT molecular complexity index is 1440. The zero-order chi connectivity index (χ0) is 23.8. The summed E-state index contributed by atoms with van der Waals surface area (Å²) in [6, 6.07) is 15.6. The van der Waals surface area contributed by atoms with Crippen molar-refractivity contribution in [1.82, 2.24) is 14.5 Å². The van der Waals surface area contributed by atoms with Crippen molar-refractivity contribution < 1.29 is 4.79 Å². The largest absolute Gasteiger partial charge is 0.325 e. The summed E-state index contributed by atoms with van der Waals surface area (Å²) in [5, 5.41) is 4.20. The first-order valence-electron chi connectivity index (χ1n) is 11.2. The van der Waals surface area contributed by atoms with Crippen LogP contribution in [0.15, 0.2) is 58.5 Å². The lowest BCUT2D eigenvalue weighted by Crippen LogP contribution is -2.27. The predicted molar refractivity (Wildman–Crippen MR) is 141 cm³/mol. The number of fused-ring (bicyclic) bond motifs is 3. The van der Waals surface area contributed by atoms with Gasteiger partial charge in [-0.3, -0.25) is 14.2 Å². The van der Waals surface area contributed by atoms with Gasteiger partial charge >= 0.3 is 0 Å². The normalized spacial score (nSPS) is 13.7. The van der Waals surface area contributed by atoms with Gasteiger partial charge in [-0.1, -0.05) is 41.6 Å². The molecule has 0 spiro atoms. The lowest BCUT2D eigenvalue weighted by Gasteiger charge is -2.21. The van der Waals surface area contributed by atoms with Gasteiger partial charge in [-0.15, -0.1) is 11.3 Å². The lowest BCUT2D eigenvalue weighted by atomic mass is 10.1. The van der Waals surface area contributed by atoms with Crippen LogP contribution < -0.4 is 10.9 Å². The number of carbonyl (C=O) groups is 1. The number of nitrogens with zero attached hydrogens (tertiary/aromatic N) is 3. The first-order chi connectivity index (χ1) is 16.4. The molecule has 1 amide bonds. The second-order valence-corrected chi connectivity index (χ2v) is 10.8. The van der Waals surface area contributed by atoms with Gasteiger partial charge in [0.1, 0.15) is 4.83 Å². The van der Waals surface area contributed by atoms with Gasteiger partial charge in [0.05, 0.1) is 16.8 Å². The minimum atomic E-state index is -0.132. The second kappa shape index (κ2) is 9.37. The summed E-state index contributed by atoms with van der Waals surface area (Å²) >= 11 is 2.89. The van der Waals surface area contributed by atoms with Gasteiger partial charge in [0.25, 0.3) is 5.56 Å². The van der Waals surface area contributed by atoms with Crippen LogP contribution in [-0.2, 0) is 17.8 Å². The number of carbonyl (C=O) groups excluding carboxylic acids is 1. The van der Waals surface area contributed by atoms with Crippen LogP contribution >= 0.6 is 23.1 Å². The topological polar surface area (TPSA) is 67.2 Å². The molecule has 174 valence electrons. The highest BCUT2D eigenvalue weighted by atomic mass is 32.2. The lowest BCUT2D eigenvalue weighted by molar-refractivity contribution is -0.113. The van der Waals surface area contributed by atoms with Crippen LogP contribution in [0.1, 0.15) is 21.6 Å². The minimum absolute atomic E-state index is 0.0579. The predicted octanol–water partition coefficient (Wildman–Crippen LogP) is 4.78. The fourth-order valence-corrected chi connectivity index (χ4v) is 6.37. The molecular formula is C26H26N4O2S2. The Labute approximate surface area is 206 Å². The standard InChI is InChI=1S/C26H26N4O2S2/c1-16-7-9-19(10-8-16)30-25(32)23-20-11-12-29(3)14-21(20)34-24(23)28-26(30)33-15-22(31)27-18-6-4-5-17(2)13-18/h4-10,13H,11-12,14-15H2,1-3H3,(H,27,31). The summed E-state index contributed by atoms with van der Waals surface area (Å²) in [5.41, 5.74) is 4.80. The van der Waals surface area contributed by atoms with Crippen molar-refractivity contribution in [2.75, 3.05) is 24.7 Å². The zero-order valence-corrected chi connectivity index (χ0v) is 21.1. The molecule has 0 fully saturated rings. The highest BCUT2D eigenvalue weighted by Gasteiger charge is 2.24. The average Bonchev–Trinajstić information content (AvgIpc) is 3.16. The quantitative estimate of drug-likeness (QED) is 0.322. The van der Waals surface area contributed by atoms with Crippen molar-refractivity contribution in [2.24, 2.45) is 0 Å².